The van der Waals surface area contributed by atoms with Crippen molar-refractivity contribution in [1.29, 1.82) is 0 Å². The molecule has 2 aromatic heterocycles. The van der Waals surface area contributed by atoms with E-state index in [0.29, 0.717) is 15.9 Å². The Bertz CT molecular complexity index is 1240. The molecule has 1 amide bonds. The van der Waals surface area contributed by atoms with E-state index in [0.717, 1.165) is 24.5 Å². The van der Waals surface area contributed by atoms with Crippen LogP contribution in [0.4, 0.5) is 32.0 Å². The fraction of sp³-hybridized carbons (Fsp3) is 0.250. The lowest BCUT2D eigenvalue weighted by molar-refractivity contribution is -0.274. The Morgan fingerprint density at radius 2 is 1.88 bits per heavy atom. The molecule has 3 aromatic rings. The molecule has 0 fully saturated rings. The second-order valence-corrected chi connectivity index (χ2v) is 7.65. The molecule has 1 aliphatic heterocycles. The smallest absolute Gasteiger partial charge is 0.406 e. The number of alkyl halides is 6. The van der Waals surface area contributed by atoms with Crippen molar-refractivity contribution in [2.75, 3.05) is 4.90 Å². The number of hydrogen-bond donors (Lipinski definition) is 0. The number of benzene rings is 1. The van der Waals surface area contributed by atoms with Crippen LogP contribution in [0.25, 0.3) is 11.3 Å². The number of amides is 1. The van der Waals surface area contributed by atoms with E-state index >= 15 is 0 Å². The number of aryl methyl sites for hydroxylation is 1. The quantitative estimate of drug-likeness (QED) is 0.451. The Hall–Kier alpha value is -3.28. The first-order valence-corrected chi connectivity index (χ1v) is 9.66. The molecule has 0 bridgehead atoms. The van der Waals surface area contributed by atoms with Crippen LogP contribution in [0, 0.1) is 6.92 Å². The van der Waals surface area contributed by atoms with Crippen molar-refractivity contribution in [3.8, 4) is 17.0 Å². The maximum atomic E-state index is 12.9. The van der Waals surface area contributed by atoms with E-state index in [1.807, 2.05) is 0 Å². The predicted molar refractivity (Wildman–Crippen MR) is 105 cm³/mol. The van der Waals surface area contributed by atoms with Gasteiger partial charge < -0.3 is 4.74 Å². The van der Waals surface area contributed by atoms with E-state index in [4.69, 9.17) is 11.6 Å². The van der Waals surface area contributed by atoms with Gasteiger partial charge in [-0.1, -0.05) is 11.6 Å². The van der Waals surface area contributed by atoms with Gasteiger partial charge in [-0.3, -0.25) is 19.4 Å². The van der Waals surface area contributed by atoms with Gasteiger partial charge in [-0.15, -0.1) is 13.2 Å². The molecule has 0 atom stereocenters. The van der Waals surface area contributed by atoms with Crippen LogP contribution in [-0.4, -0.2) is 33.2 Å². The van der Waals surface area contributed by atoms with Crippen molar-refractivity contribution in [3.05, 3.63) is 58.5 Å². The highest BCUT2D eigenvalue weighted by Crippen LogP contribution is 2.36. The van der Waals surface area contributed by atoms with Gasteiger partial charge in [0.05, 0.1) is 40.4 Å². The minimum atomic E-state index is -4.89. The topological polar surface area (TPSA) is 60.2 Å². The molecular formula is C20H13ClF6N4O2. The number of aromatic nitrogens is 3. The Labute approximate surface area is 187 Å². The third-order valence-electron chi connectivity index (χ3n) is 4.78. The summed E-state index contributed by atoms with van der Waals surface area (Å²) in [6, 6.07) is 4.86. The maximum absolute atomic E-state index is 12.9. The molecule has 0 saturated heterocycles. The normalized spacial score (nSPS) is 14.1. The van der Waals surface area contributed by atoms with Gasteiger partial charge in [-0.05, 0) is 36.8 Å². The van der Waals surface area contributed by atoms with Gasteiger partial charge in [0.25, 0.3) is 5.91 Å². The summed E-state index contributed by atoms with van der Waals surface area (Å²) in [5, 5.41) is 3.76. The summed E-state index contributed by atoms with van der Waals surface area (Å²) in [5.41, 5.74) is 1.56. The number of carbonyl (C=O) groups is 1. The zero-order valence-electron chi connectivity index (χ0n) is 16.6. The van der Waals surface area contributed by atoms with Crippen LogP contribution in [0.3, 0.4) is 0 Å². The summed E-state index contributed by atoms with van der Waals surface area (Å²) in [7, 11) is 0. The van der Waals surface area contributed by atoms with Crippen molar-refractivity contribution in [3.63, 3.8) is 0 Å². The molecule has 1 aromatic carbocycles. The lowest BCUT2D eigenvalue weighted by Gasteiger charge is -2.12. The third-order valence-corrected chi connectivity index (χ3v) is 5.11. The third kappa shape index (κ3) is 4.90. The number of ether oxygens (including phenoxy) is 1. The Morgan fingerprint density at radius 1 is 1.15 bits per heavy atom. The highest BCUT2D eigenvalue weighted by molar-refractivity contribution is 6.33. The average Bonchev–Trinajstić information content (AvgIpc) is 3.25. The average molecular weight is 491 g/mol. The molecule has 33 heavy (non-hydrogen) atoms. The summed E-state index contributed by atoms with van der Waals surface area (Å²) in [6.07, 6.45) is -7.13. The second-order valence-electron chi connectivity index (χ2n) is 7.24. The van der Waals surface area contributed by atoms with Gasteiger partial charge in [0.2, 0.25) is 0 Å². The van der Waals surface area contributed by atoms with Crippen molar-refractivity contribution < 1.29 is 35.9 Å². The summed E-state index contributed by atoms with van der Waals surface area (Å²) < 4.78 is 80.1. The number of pyridine rings is 1. The minimum Gasteiger partial charge on any atom is -0.406 e. The Morgan fingerprint density at radius 3 is 2.55 bits per heavy atom. The van der Waals surface area contributed by atoms with E-state index in [1.54, 1.807) is 6.92 Å². The first-order chi connectivity index (χ1) is 15.3. The number of fused-ring (bicyclic) bond motifs is 1. The van der Waals surface area contributed by atoms with Crippen LogP contribution in [0.15, 0.2) is 36.7 Å². The fourth-order valence-corrected chi connectivity index (χ4v) is 3.72. The van der Waals surface area contributed by atoms with Gasteiger partial charge in [-0.25, -0.2) is 0 Å². The molecule has 13 heteroatoms. The van der Waals surface area contributed by atoms with Crippen molar-refractivity contribution >= 4 is 23.2 Å². The molecule has 4 rings (SSSR count). The number of rotatable bonds is 4. The van der Waals surface area contributed by atoms with E-state index in [-0.39, 0.29) is 34.1 Å². The molecule has 0 radical (unpaired) electrons. The number of hydrogen-bond acceptors (Lipinski definition) is 4. The number of anilines is 1. The van der Waals surface area contributed by atoms with E-state index in [1.165, 1.54) is 17.0 Å². The number of carbonyl (C=O) groups excluding carboxylic acids is 1. The van der Waals surface area contributed by atoms with E-state index < -0.39 is 30.7 Å². The number of nitrogens with zero attached hydrogens (tertiary/aromatic N) is 4. The van der Waals surface area contributed by atoms with Crippen molar-refractivity contribution in [1.82, 2.24) is 14.8 Å². The molecule has 6 nitrogen and oxygen atoms in total. The maximum Gasteiger partial charge on any atom is 0.573 e. The molecular weight excluding hydrogens is 478 g/mol. The molecule has 3 heterocycles. The highest BCUT2D eigenvalue weighted by Gasteiger charge is 2.35. The molecule has 0 N–H and O–H groups in total. The van der Waals surface area contributed by atoms with E-state index in [2.05, 4.69) is 14.8 Å². The molecule has 0 aliphatic carbocycles. The highest BCUT2D eigenvalue weighted by atomic mass is 35.5. The van der Waals surface area contributed by atoms with Gasteiger partial charge in [0.15, 0.2) is 0 Å². The zero-order chi connectivity index (χ0) is 24.1. The summed E-state index contributed by atoms with van der Waals surface area (Å²) in [4.78, 5) is 18.5. The van der Waals surface area contributed by atoms with Crippen molar-refractivity contribution in [2.45, 2.75) is 32.6 Å². The monoisotopic (exact) mass is 490 g/mol. The molecule has 0 saturated carbocycles. The van der Waals surface area contributed by atoms with Crippen LogP contribution < -0.4 is 9.64 Å². The molecule has 1 aliphatic rings. The van der Waals surface area contributed by atoms with Crippen LogP contribution in [-0.2, 0) is 13.1 Å². The van der Waals surface area contributed by atoms with Crippen LogP contribution in [0.1, 0.15) is 21.6 Å². The minimum absolute atomic E-state index is 0.0586. The lowest BCUT2D eigenvalue weighted by atomic mass is 10.0. The SMILES string of the molecule is Cc1cc(-c2cc(OC(F)(F)F)ccc2Cl)nc2c1C(=O)N(c1cnn(CC(F)(F)F)c1)C2. The predicted octanol–water partition coefficient (Wildman–Crippen LogP) is 5.53. The molecule has 0 unspecified atom stereocenters. The van der Waals surface area contributed by atoms with Gasteiger partial charge in [0, 0.05) is 11.8 Å². The Balaban J connectivity index is 1.66. The fourth-order valence-electron chi connectivity index (χ4n) is 3.51. The van der Waals surface area contributed by atoms with Crippen LogP contribution in [0.2, 0.25) is 5.02 Å². The summed E-state index contributed by atoms with van der Waals surface area (Å²) in [5.74, 6) is -0.968. The van der Waals surface area contributed by atoms with E-state index in [9.17, 15) is 31.1 Å². The van der Waals surface area contributed by atoms with Gasteiger partial charge in [0.1, 0.15) is 12.3 Å². The first kappa shape index (κ1) is 22.9. The molecule has 0 spiro atoms. The second kappa shape index (κ2) is 7.94. The lowest BCUT2D eigenvalue weighted by Crippen LogP contribution is -2.23. The van der Waals surface area contributed by atoms with Gasteiger partial charge in [-0.2, -0.15) is 18.3 Å². The summed E-state index contributed by atoms with van der Waals surface area (Å²) in [6.45, 7) is 0.248. The Kier molecular flexibility index (Phi) is 5.51. The standard InChI is InChI=1S/C20H13ClF6N4O2/c1-10-4-15(13-5-12(2-3-14(13)21)33-20(25,26)27)29-16-8-31(18(32)17(10)16)11-6-28-30(7-11)9-19(22,23)24/h2-7H,8-9H2,1H3. The largest absolute Gasteiger partial charge is 0.573 e. The van der Waals surface area contributed by atoms with Crippen LogP contribution in [0.5, 0.6) is 5.75 Å². The molecule has 174 valence electrons. The van der Waals surface area contributed by atoms with Crippen LogP contribution >= 0.6 is 11.6 Å². The summed E-state index contributed by atoms with van der Waals surface area (Å²) >= 11 is 6.16. The zero-order valence-corrected chi connectivity index (χ0v) is 17.4. The number of halogens is 7. The first-order valence-electron chi connectivity index (χ1n) is 9.28. The van der Waals surface area contributed by atoms with Gasteiger partial charge >= 0.3 is 12.5 Å². The van der Waals surface area contributed by atoms with Crippen molar-refractivity contribution in [2.24, 2.45) is 0 Å².